The quantitative estimate of drug-likeness (QED) is 0.364. The molecule has 3 rings (SSSR count). The average Bonchev–Trinajstić information content (AvgIpc) is 2.78. The second kappa shape index (κ2) is 10.7. The van der Waals surface area contributed by atoms with Crippen LogP contribution in [0, 0.1) is 0 Å². The van der Waals surface area contributed by atoms with Crippen LogP contribution in [0.5, 0.6) is 17.2 Å². The molecular weight excluding hydrogens is 439 g/mol. The molecule has 0 bridgehead atoms. The molecule has 0 atom stereocenters. The first-order valence-corrected chi connectivity index (χ1v) is 9.98. The van der Waals surface area contributed by atoms with Crippen molar-refractivity contribution in [3.05, 3.63) is 87.4 Å². The van der Waals surface area contributed by atoms with Crippen LogP contribution in [0.1, 0.15) is 21.5 Å². The minimum atomic E-state index is -0.431. The molecule has 0 aromatic heterocycles. The van der Waals surface area contributed by atoms with E-state index in [1.165, 1.54) is 20.4 Å². The van der Waals surface area contributed by atoms with Crippen molar-refractivity contribution in [3.63, 3.8) is 0 Å². The number of halogens is 2. The largest absolute Gasteiger partial charge is 0.497 e. The molecule has 0 unspecified atom stereocenters. The highest BCUT2D eigenvalue weighted by molar-refractivity contribution is 6.31. The number of nitrogens with zero attached hydrogens (tertiary/aromatic N) is 1. The van der Waals surface area contributed by atoms with Crippen molar-refractivity contribution in [3.8, 4) is 17.2 Å². The molecule has 0 radical (unpaired) electrons. The van der Waals surface area contributed by atoms with E-state index in [4.69, 9.17) is 37.4 Å². The van der Waals surface area contributed by atoms with Crippen LogP contribution in [0.25, 0.3) is 0 Å². The second-order valence-corrected chi connectivity index (χ2v) is 7.24. The van der Waals surface area contributed by atoms with Gasteiger partial charge in [-0.2, -0.15) is 5.10 Å². The van der Waals surface area contributed by atoms with Gasteiger partial charge in [-0.1, -0.05) is 35.3 Å². The van der Waals surface area contributed by atoms with E-state index in [2.05, 4.69) is 10.5 Å². The number of benzene rings is 3. The molecule has 0 saturated carbocycles. The predicted molar refractivity (Wildman–Crippen MR) is 122 cm³/mol. The van der Waals surface area contributed by atoms with Crippen LogP contribution in [0.3, 0.4) is 0 Å². The summed E-state index contributed by atoms with van der Waals surface area (Å²) in [6.45, 7) is 0.318. The Morgan fingerprint density at radius 2 is 1.77 bits per heavy atom. The lowest BCUT2D eigenvalue weighted by molar-refractivity contribution is 0.0952. The molecule has 3 aromatic rings. The van der Waals surface area contributed by atoms with Gasteiger partial charge in [-0.05, 0) is 48.0 Å². The molecule has 8 heteroatoms. The van der Waals surface area contributed by atoms with Gasteiger partial charge in [-0.3, -0.25) is 4.79 Å². The fourth-order valence-corrected chi connectivity index (χ4v) is 3.14. The van der Waals surface area contributed by atoms with Crippen LogP contribution in [0.15, 0.2) is 65.8 Å². The molecule has 3 aromatic carbocycles. The van der Waals surface area contributed by atoms with Crippen LogP contribution in [0.2, 0.25) is 10.0 Å². The van der Waals surface area contributed by atoms with Crippen molar-refractivity contribution >= 4 is 35.3 Å². The molecule has 6 nitrogen and oxygen atoms in total. The highest BCUT2D eigenvalue weighted by Crippen LogP contribution is 2.25. The van der Waals surface area contributed by atoms with Gasteiger partial charge in [0.1, 0.15) is 23.9 Å². The van der Waals surface area contributed by atoms with Gasteiger partial charge >= 0.3 is 0 Å². The first kappa shape index (κ1) is 22.5. The van der Waals surface area contributed by atoms with Crippen molar-refractivity contribution in [1.29, 1.82) is 0 Å². The Bertz CT molecular complexity index is 1100. The molecule has 0 saturated heterocycles. The van der Waals surface area contributed by atoms with Gasteiger partial charge in [-0.25, -0.2) is 5.43 Å². The number of hydrogen-bond acceptors (Lipinski definition) is 5. The van der Waals surface area contributed by atoms with Gasteiger partial charge in [0.25, 0.3) is 5.91 Å². The van der Waals surface area contributed by atoms with Gasteiger partial charge in [0.05, 0.1) is 26.0 Å². The molecule has 0 aliphatic carbocycles. The predicted octanol–water partition coefficient (Wildman–Crippen LogP) is 5.35. The second-order valence-electron chi connectivity index (χ2n) is 6.37. The number of carbonyl (C=O) groups is 1. The molecule has 31 heavy (non-hydrogen) atoms. The first-order chi connectivity index (χ1) is 15.0. The third-order valence-electron chi connectivity index (χ3n) is 4.28. The third-order valence-corrected chi connectivity index (χ3v) is 4.75. The zero-order valence-electron chi connectivity index (χ0n) is 16.9. The first-order valence-electron chi connectivity index (χ1n) is 9.22. The molecule has 0 aliphatic rings. The minimum absolute atomic E-state index is 0.318. The smallest absolute Gasteiger partial charge is 0.275 e. The normalized spacial score (nSPS) is 10.7. The summed E-state index contributed by atoms with van der Waals surface area (Å²) in [6.07, 6.45) is 1.47. The maximum Gasteiger partial charge on any atom is 0.275 e. The number of amides is 1. The van der Waals surface area contributed by atoms with Gasteiger partial charge in [0, 0.05) is 21.7 Å². The SMILES string of the molecule is COc1ccc(C(=O)NN=Cc2cc(Cl)ccc2OCc2cccc(Cl)c2)c(OC)c1. The minimum Gasteiger partial charge on any atom is -0.497 e. The van der Waals surface area contributed by atoms with E-state index in [0.717, 1.165) is 5.56 Å². The van der Waals surface area contributed by atoms with Crippen LogP contribution in [-0.4, -0.2) is 26.3 Å². The summed E-state index contributed by atoms with van der Waals surface area (Å²) in [5.41, 5.74) is 4.33. The summed E-state index contributed by atoms with van der Waals surface area (Å²) in [5, 5.41) is 5.18. The van der Waals surface area contributed by atoms with Crippen LogP contribution < -0.4 is 19.6 Å². The lowest BCUT2D eigenvalue weighted by Crippen LogP contribution is -2.18. The number of hydrazone groups is 1. The third kappa shape index (κ3) is 6.13. The Balaban J connectivity index is 1.71. The van der Waals surface area contributed by atoms with E-state index in [-0.39, 0.29) is 0 Å². The highest BCUT2D eigenvalue weighted by atomic mass is 35.5. The molecule has 0 fully saturated rings. The molecule has 0 aliphatic heterocycles. The molecule has 160 valence electrons. The van der Waals surface area contributed by atoms with E-state index in [9.17, 15) is 4.79 Å². The van der Waals surface area contributed by atoms with Crippen molar-refractivity contribution in [1.82, 2.24) is 5.43 Å². The molecular formula is C23H20Cl2N2O4. The van der Waals surface area contributed by atoms with E-state index in [1.807, 2.05) is 18.2 Å². The number of carbonyl (C=O) groups excluding carboxylic acids is 1. The summed E-state index contributed by atoms with van der Waals surface area (Å²) in [5.74, 6) is 1.08. The van der Waals surface area contributed by atoms with Crippen LogP contribution >= 0.6 is 23.2 Å². The molecule has 0 heterocycles. The standard InChI is InChI=1S/C23H20Cl2N2O4/c1-29-19-7-8-20(22(12-19)30-2)23(28)27-26-13-16-11-18(25)6-9-21(16)31-14-15-4-3-5-17(24)10-15/h3-13H,14H2,1-2H3,(H,27,28). The zero-order valence-corrected chi connectivity index (χ0v) is 18.4. The van der Waals surface area contributed by atoms with Gasteiger partial charge in [0.15, 0.2) is 0 Å². The van der Waals surface area contributed by atoms with Gasteiger partial charge in [-0.15, -0.1) is 0 Å². The van der Waals surface area contributed by atoms with Gasteiger partial charge in [0.2, 0.25) is 0 Å². The summed E-state index contributed by atoms with van der Waals surface area (Å²) in [4.78, 5) is 12.5. The number of rotatable bonds is 8. The zero-order chi connectivity index (χ0) is 22.2. The Morgan fingerprint density at radius 1 is 0.968 bits per heavy atom. The topological polar surface area (TPSA) is 69.2 Å². The Kier molecular flexibility index (Phi) is 7.76. The van der Waals surface area contributed by atoms with E-state index in [0.29, 0.717) is 45.0 Å². The van der Waals surface area contributed by atoms with Crippen molar-refractivity contribution in [2.75, 3.05) is 14.2 Å². The lowest BCUT2D eigenvalue weighted by atomic mass is 10.2. The Morgan fingerprint density at radius 3 is 2.52 bits per heavy atom. The van der Waals surface area contributed by atoms with Crippen molar-refractivity contribution in [2.24, 2.45) is 5.10 Å². The number of ether oxygens (including phenoxy) is 3. The summed E-state index contributed by atoms with van der Waals surface area (Å²) in [6, 6.07) is 17.4. The number of methoxy groups -OCH3 is 2. The lowest BCUT2D eigenvalue weighted by Gasteiger charge is -2.10. The van der Waals surface area contributed by atoms with Crippen molar-refractivity contribution in [2.45, 2.75) is 6.61 Å². The Labute approximate surface area is 190 Å². The fourth-order valence-electron chi connectivity index (χ4n) is 2.75. The highest BCUT2D eigenvalue weighted by Gasteiger charge is 2.13. The monoisotopic (exact) mass is 458 g/mol. The van der Waals surface area contributed by atoms with E-state index < -0.39 is 5.91 Å². The maximum atomic E-state index is 12.5. The molecule has 1 amide bonds. The fraction of sp³-hybridized carbons (Fsp3) is 0.130. The summed E-state index contributed by atoms with van der Waals surface area (Å²) in [7, 11) is 3.01. The van der Waals surface area contributed by atoms with E-state index >= 15 is 0 Å². The number of hydrogen-bond donors (Lipinski definition) is 1. The van der Waals surface area contributed by atoms with Crippen LogP contribution in [0.4, 0.5) is 0 Å². The summed E-state index contributed by atoms with van der Waals surface area (Å²) >= 11 is 12.1. The maximum absolute atomic E-state index is 12.5. The van der Waals surface area contributed by atoms with Crippen molar-refractivity contribution < 1.29 is 19.0 Å². The van der Waals surface area contributed by atoms with Gasteiger partial charge < -0.3 is 14.2 Å². The van der Waals surface area contributed by atoms with E-state index in [1.54, 1.807) is 42.5 Å². The summed E-state index contributed by atoms with van der Waals surface area (Å²) < 4.78 is 16.3. The number of nitrogens with one attached hydrogen (secondary N) is 1. The molecule has 1 N–H and O–H groups in total. The Hall–Kier alpha value is -3.22. The van der Waals surface area contributed by atoms with Crippen LogP contribution in [-0.2, 0) is 6.61 Å². The average molecular weight is 459 g/mol. The molecule has 0 spiro atoms.